The van der Waals surface area contributed by atoms with Crippen molar-refractivity contribution in [1.82, 2.24) is 15.5 Å². The second-order valence-electron chi connectivity index (χ2n) is 5.84. The summed E-state index contributed by atoms with van der Waals surface area (Å²) in [6, 6.07) is 7.53. The zero-order valence-corrected chi connectivity index (χ0v) is 15.8. The van der Waals surface area contributed by atoms with Gasteiger partial charge in [0.2, 0.25) is 5.91 Å². The molecular formula is C18H30N4O3. The summed E-state index contributed by atoms with van der Waals surface area (Å²) < 4.78 is 11.2. The van der Waals surface area contributed by atoms with Crippen molar-refractivity contribution in [3.8, 4) is 11.5 Å². The highest BCUT2D eigenvalue weighted by Crippen LogP contribution is 2.26. The minimum absolute atomic E-state index is 0.0454. The molecule has 1 amide bonds. The van der Waals surface area contributed by atoms with Crippen molar-refractivity contribution in [1.29, 1.82) is 0 Å². The second kappa shape index (κ2) is 11.2. The number of likely N-dealkylation sites (N-methyl/N-ethyl adjacent to an activating group) is 1. The number of guanidine groups is 1. The number of nitrogens with one attached hydrogen (secondary N) is 2. The highest BCUT2D eigenvalue weighted by molar-refractivity contribution is 5.84. The molecule has 1 aromatic rings. The molecule has 0 bridgehead atoms. The fourth-order valence-corrected chi connectivity index (χ4v) is 1.92. The zero-order valence-electron chi connectivity index (χ0n) is 15.8. The lowest BCUT2D eigenvalue weighted by Gasteiger charge is -2.19. The van der Waals surface area contributed by atoms with Crippen LogP contribution in [0, 0.1) is 0 Å². The van der Waals surface area contributed by atoms with E-state index in [0.717, 1.165) is 13.0 Å². The SMILES string of the molecule is CCCNC(=NCC(=O)N(C)C)NCC(C)Oc1ccccc1OC. The first-order chi connectivity index (χ1) is 12.0. The summed E-state index contributed by atoms with van der Waals surface area (Å²) in [6.45, 7) is 5.46. The lowest BCUT2D eigenvalue weighted by atomic mass is 10.3. The van der Waals surface area contributed by atoms with Crippen LogP contribution >= 0.6 is 0 Å². The summed E-state index contributed by atoms with van der Waals surface area (Å²) in [5.41, 5.74) is 0. The van der Waals surface area contributed by atoms with Crippen LogP contribution in [0.3, 0.4) is 0 Å². The second-order valence-corrected chi connectivity index (χ2v) is 5.84. The number of carbonyl (C=O) groups excluding carboxylic acids is 1. The lowest BCUT2D eigenvalue weighted by Crippen LogP contribution is -2.42. The van der Waals surface area contributed by atoms with Crippen molar-refractivity contribution < 1.29 is 14.3 Å². The topological polar surface area (TPSA) is 75.2 Å². The summed E-state index contributed by atoms with van der Waals surface area (Å²) >= 11 is 0. The molecule has 1 rings (SSSR count). The number of carbonyl (C=O) groups is 1. The Balaban J connectivity index is 2.59. The highest BCUT2D eigenvalue weighted by atomic mass is 16.5. The van der Waals surface area contributed by atoms with Gasteiger partial charge in [0, 0.05) is 20.6 Å². The van der Waals surface area contributed by atoms with E-state index < -0.39 is 0 Å². The zero-order chi connectivity index (χ0) is 18.7. The number of methoxy groups -OCH3 is 1. The van der Waals surface area contributed by atoms with Crippen molar-refractivity contribution in [2.24, 2.45) is 4.99 Å². The molecule has 1 aromatic carbocycles. The van der Waals surface area contributed by atoms with E-state index >= 15 is 0 Å². The third-order valence-corrected chi connectivity index (χ3v) is 3.37. The van der Waals surface area contributed by atoms with Crippen LogP contribution in [0.4, 0.5) is 0 Å². The minimum atomic E-state index is -0.102. The maximum absolute atomic E-state index is 11.7. The van der Waals surface area contributed by atoms with Crippen LogP contribution in [-0.2, 0) is 4.79 Å². The fourth-order valence-electron chi connectivity index (χ4n) is 1.92. The fraction of sp³-hybridized carbons (Fsp3) is 0.556. The van der Waals surface area contributed by atoms with Gasteiger partial charge in [-0.1, -0.05) is 19.1 Å². The Bertz CT molecular complexity index is 561. The molecule has 0 fully saturated rings. The van der Waals surface area contributed by atoms with E-state index in [1.54, 1.807) is 21.2 Å². The van der Waals surface area contributed by atoms with Crippen LogP contribution < -0.4 is 20.1 Å². The molecule has 2 N–H and O–H groups in total. The lowest BCUT2D eigenvalue weighted by molar-refractivity contribution is -0.127. The molecule has 0 spiro atoms. The number of rotatable bonds is 9. The Hall–Kier alpha value is -2.44. The van der Waals surface area contributed by atoms with Crippen molar-refractivity contribution in [3.05, 3.63) is 24.3 Å². The number of benzene rings is 1. The number of amides is 1. The molecule has 7 nitrogen and oxygen atoms in total. The molecule has 0 aliphatic rings. The van der Waals surface area contributed by atoms with E-state index in [-0.39, 0.29) is 18.6 Å². The standard InChI is InChI=1S/C18H30N4O3/c1-6-11-19-18(21-13-17(23)22(3)4)20-12-14(2)25-16-10-8-7-9-15(16)24-5/h7-10,14H,6,11-13H2,1-5H3,(H2,19,20,21). The van der Waals surface area contributed by atoms with Gasteiger partial charge in [-0.25, -0.2) is 4.99 Å². The van der Waals surface area contributed by atoms with Gasteiger partial charge in [0.05, 0.1) is 13.7 Å². The maximum atomic E-state index is 11.7. The summed E-state index contributed by atoms with van der Waals surface area (Å²) in [7, 11) is 5.05. The first kappa shape index (κ1) is 20.6. The van der Waals surface area contributed by atoms with Gasteiger partial charge in [-0.05, 0) is 25.5 Å². The van der Waals surface area contributed by atoms with Gasteiger partial charge >= 0.3 is 0 Å². The van der Waals surface area contributed by atoms with Gasteiger partial charge in [-0.15, -0.1) is 0 Å². The van der Waals surface area contributed by atoms with E-state index in [4.69, 9.17) is 9.47 Å². The number of nitrogens with zero attached hydrogens (tertiary/aromatic N) is 2. The van der Waals surface area contributed by atoms with Crippen LogP contribution in [0.2, 0.25) is 0 Å². The molecule has 1 unspecified atom stereocenters. The van der Waals surface area contributed by atoms with E-state index in [1.165, 1.54) is 4.90 Å². The number of aliphatic imine (C=N–C) groups is 1. The van der Waals surface area contributed by atoms with Crippen LogP contribution in [0.25, 0.3) is 0 Å². The molecule has 140 valence electrons. The summed E-state index contributed by atoms with van der Waals surface area (Å²) in [4.78, 5) is 17.5. The average molecular weight is 350 g/mol. The predicted molar refractivity (Wildman–Crippen MR) is 100 cm³/mol. The normalized spacial score (nSPS) is 12.3. The average Bonchev–Trinajstić information content (AvgIpc) is 2.61. The molecule has 25 heavy (non-hydrogen) atoms. The van der Waals surface area contributed by atoms with Gasteiger partial charge < -0.3 is 25.0 Å². The molecule has 0 aliphatic heterocycles. The highest BCUT2D eigenvalue weighted by Gasteiger charge is 2.10. The Labute approximate surface area is 150 Å². The van der Waals surface area contributed by atoms with Crippen LogP contribution in [0.15, 0.2) is 29.3 Å². The molecule has 0 saturated heterocycles. The van der Waals surface area contributed by atoms with Crippen LogP contribution in [0.1, 0.15) is 20.3 Å². The third kappa shape index (κ3) is 7.78. The molecule has 0 aromatic heterocycles. The Morgan fingerprint density at radius 1 is 1.24 bits per heavy atom. The molecule has 1 atom stereocenters. The molecule has 7 heteroatoms. The van der Waals surface area contributed by atoms with E-state index in [0.29, 0.717) is 24.0 Å². The largest absolute Gasteiger partial charge is 0.493 e. The molecule has 0 saturated carbocycles. The van der Waals surface area contributed by atoms with Gasteiger partial charge in [0.25, 0.3) is 0 Å². The number of ether oxygens (including phenoxy) is 2. The van der Waals surface area contributed by atoms with Gasteiger partial charge in [0.1, 0.15) is 12.6 Å². The van der Waals surface area contributed by atoms with Crippen LogP contribution in [0.5, 0.6) is 11.5 Å². The van der Waals surface area contributed by atoms with Crippen molar-refractivity contribution in [3.63, 3.8) is 0 Å². The summed E-state index contributed by atoms with van der Waals surface area (Å²) in [5.74, 6) is 1.95. The molecule has 0 aliphatic carbocycles. The Kier molecular flexibility index (Phi) is 9.21. The van der Waals surface area contributed by atoms with Gasteiger partial charge in [-0.2, -0.15) is 0 Å². The third-order valence-electron chi connectivity index (χ3n) is 3.37. The summed E-state index contributed by atoms with van der Waals surface area (Å²) in [5, 5.41) is 6.40. The van der Waals surface area contributed by atoms with E-state index in [2.05, 4.69) is 22.5 Å². The van der Waals surface area contributed by atoms with Crippen molar-refractivity contribution in [2.45, 2.75) is 26.4 Å². The maximum Gasteiger partial charge on any atom is 0.243 e. The minimum Gasteiger partial charge on any atom is -0.493 e. The van der Waals surface area contributed by atoms with Gasteiger partial charge in [0.15, 0.2) is 17.5 Å². The molecule has 0 radical (unpaired) electrons. The number of para-hydroxylation sites is 2. The first-order valence-electron chi connectivity index (χ1n) is 8.49. The predicted octanol–water partition coefficient (Wildman–Crippen LogP) is 1.50. The number of hydrogen-bond acceptors (Lipinski definition) is 4. The van der Waals surface area contributed by atoms with Crippen molar-refractivity contribution in [2.75, 3.05) is 40.8 Å². The quantitative estimate of drug-likeness (QED) is 0.521. The first-order valence-corrected chi connectivity index (χ1v) is 8.49. The molecular weight excluding hydrogens is 320 g/mol. The summed E-state index contributed by atoms with van der Waals surface area (Å²) in [6.07, 6.45) is 0.866. The van der Waals surface area contributed by atoms with Gasteiger partial charge in [-0.3, -0.25) is 4.79 Å². The monoisotopic (exact) mass is 350 g/mol. The molecule has 0 heterocycles. The Morgan fingerprint density at radius 3 is 2.52 bits per heavy atom. The van der Waals surface area contributed by atoms with Crippen molar-refractivity contribution >= 4 is 11.9 Å². The number of hydrogen-bond donors (Lipinski definition) is 2. The van der Waals surface area contributed by atoms with Crippen LogP contribution in [-0.4, -0.2) is 63.7 Å². The smallest absolute Gasteiger partial charge is 0.243 e. The van der Waals surface area contributed by atoms with E-state index in [1.807, 2.05) is 31.2 Å². The Morgan fingerprint density at radius 2 is 1.92 bits per heavy atom. The van der Waals surface area contributed by atoms with E-state index in [9.17, 15) is 4.79 Å².